The number of rotatable bonds is 2. The monoisotopic (exact) mass is 255 g/mol. The topological polar surface area (TPSA) is 54.9 Å². The van der Waals surface area contributed by atoms with E-state index < -0.39 is 0 Å². The van der Waals surface area contributed by atoms with Crippen LogP contribution in [0.25, 0.3) is 0 Å². The summed E-state index contributed by atoms with van der Waals surface area (Å²) in [6.45, 7) is 2.07. The maximum absolute atomic E-state index is 11.5. The molecule has 1 aromatic heterocycles. The van der Waals surface area contributed by atoms with Crippen LogP contribution in [0.15, 0.2) is 17.0 Å². The Morgan fingerprint density at radius 2 is 2.29 bits per heavy atom. The van der Waals surface area contributed by atoms with Crippen molar-refractivity contribution in [1.29, 1.82) is 0 Å². The van der Waals surface area contributed by atoms with Crippen LogP contribution in [0.5, 0.6) is 0 Å². The van der Waals surface area contributed by atoms with Crippen LogP contribution in [-0.4, -0.2) is 15.9 Å². The standard InChI is InChI=1S/C9H10BrN3O/c1-5-2-6(5)9(14)13-8-4-11-7(10)3-12-8/h3-6H,2H2,1H3,(H,12,13,14)/t5-,6+/m0/s1. The molecular weight excluding hydrogens is 246 g/mol. The summed E-state index contributed by atoms with van der Waals surface area (Å²) in [6.07, 6.45) is 4.08. The molecule has 1 aromatic rings. The lowest BCUT2D eigenvalue weighted by Crippen LogP contribution is -2.15. The first-order valence-electron chi connectivity index (χ1n) is 4.45. The molecule has 1 aliphatic carbocycles. The van der Waals surface area contributed by atoms with Crippen molar-refractivity contribution in [2.45, 2.75) is 13.3 Å². The fraction of sp³-hybridized carbons (Fsp3) is 0.444. The molecule has 0 aromatic carbocycles. The van der Waals surface area contributed by atoms with E-state index in [1.165, 1.54) is 6.20 Å². The molecule has 1 heterocycles. The van der Waals surface area contributed by atoms with Gasteiger partial charge in [0.1, 0.15) is 4.60 Å². The van der Waals surface area contributed by atoms with Gasteiger partial charge >= 0.3 is 0 Å². The molecule has 0 unspecified atom stereocenters. The molecule has 1 amide bonds. The van der Waals surface area contributed by atoms with Crippen LogP contribution in [0.4, 0.5) is 5.82 Å². The van der Waals surface area contributed by atoms with Crippen molar-refractivity contribution in [3.8, 4) is 0 Å². The van der Waals surface area contributed by atoms with Gasteiger partial charge in [-0.1, -0.05) is 6.92 Å². The average Bonchev–Trinajstić information content (AvgIpc) is 2.87. The van der Waals surface area contributed by atoms with Crippen LogP contribution >= 0.6 is 15.9 Å². The fourth-order valence-corrected chi connectivity index (χ4v) is 1.49. The smallest absolute Gasteiger partial charge is 0.228 e. The second-order valence-corrected chi connectivity index (χ2v) is 4.35. The van der Waals surface area contributed by atoms with E-state index in [1.54, 1.807) is 6.20 Å². The van der Waals surface area contributed by atoms with Crippen LogP contribution in [0, 0.1) is 11.8 Å². The van der Waals surface area contributed by atoms with Crippen molar-refractivity contribution < 1.29 is 4.79 Å². The first-order valence-corrected chi connectivity index (χ1v) is 5.24. The molecular formula is C9H10BrN3O. The molecule has 2 rings (SSSR count). The Morgan fingerprint density at radius 1 is 1.57 bits per heavy atom. The Morgan fingerprint density at radius 3 is 2.79 bits per heavy atom. The molecule has 0 aliphatic heterocycles. The molecule has 0 radical (unpaired) electrons. The first kappa shape index (κ1) is 9.58. The van der Waals surface area contributed by atoms with Gasteiger partial charge in [-0.05, 0) is 28.3 Å². The summed E-state index contributed by atoms with van der Waals surface area (Å²) in [5.74, 6) is 1.24. The van der Waals surface area contributed by atoms with E-state index in [4.69, 9.17) is 0 Å². The summed E-state index contributed by atoms with van der Waals surface area (Å²) in [4.78, 5) is 19.5. The molecule has 14 heavy (non-hydrogen) atoms. The van der Waals surface area contributed by atoms with E-state index in [2.05, 4.69) is 38.1 Å². The second kappa shape index (κ2) is 3.65. The normalized spacial score (nSPS) is 24.4. The number of halogens is 1. The molecule has 0 bridgehead atoms. The minimum Gasteiger partial charge on any atom is -0.309 e. The summed E-state index contributed by atoms with van der Waals surface area (Å²) in [6, 6.07) is 0. The van der Waals surface area contributed by atoms with Gasteiger partial charge in [-0.25, -0.2) is 9.97 Å². The van der Waals surface area contributed by atoms with E-state index in [9.17, 15) is 4.79 Å². The molecule has 1 N–H and O–H groups in total. The summed E-state index contributed by atoms with van der Waals surface area (Å²) in [7, 11) is 0. The Labute approximate surface area is 90.3 Å². The summed E-state index contributed by atoms with van der Waals surface area (Å²) in [5.41, 5.74) is 0. The summed E-state index contributed by atoms with van der Waals surface area (Å²) >= 11 is 3.18. The van der Waals surface area contributed by atoms with E-state index in [0.717, 1.165) is 6.42 Å². The molecule has 1 aliphatic rings. The van der Waals surface area contributed by atoms with Crippen molar-refractivity contribution >= 4 is 27.7 Å². The highest BCUT2D eigenvalue weighted by Gasteiger charge is 2.39. The number of nitrogens with zero attached hydrogens (tertiary/aromatic N) is 2. The maximum atomic E-state index is 11.5. The van der Waals surface area contributed by atoms with Gasteiger partial charge in [0.25, 0.3) is 0 Å². The van der Waals surface area contributed by atoms with E-state index in [-0.39, 0.29) is 11.8 Å². The van der Waals surface area contributed by atoms with Crippen molar-refractivity contribution in [1.82, 2.24) is 9.97 Å². The lowest BCUT2D eigenvalue weighted by atomic mass is 10.3. The van der Waals surface area contributed by atoms with Gasteiger partial charge in [-0.2, -0.15) is 0 Å². The predicted octanol–water partition coefficient (Wildman–Crippen LogP) is 1.83. The van der Waals surface area contributed by atoms with Crippen LogP contribution in [0.2, 0.25) is 0 Å². The number of amides is 1. The van der Waals surface area contributed by atoms with Gasteiger partial charge in [0.2, 0.25) is 5.91 Å². The number of hydrogen-bond acceptors (Lipinski definition) is 3. The zero-order valence-electron chi connectivity index (χ0n) is 7.70. The van der Waals surface area contributed by atoms with Gasteiger partial charge in [-0.15, -0.1) is 0 Å². The van der Waals surface area contributed by atoms with Gasteiger partial charge in [0, 0.05) is 5.92 Å². The number of hydrogen-bond donors (Lipinski definition) is 1. The third-order valence-corrected chi connectivity index (χ3v) is 2.73. The van der Waals surface area contributed by atoms with Crippen molar-refractivity contribution in [2.24, 2.45) is 11.8 Å². The molecule has 0 spiro atoms. The largest absolute Gasteiger partial charge is 0.309 e. The van der Waals surface area contributed by atoms with Gasteiger partial charge in [-0.3, -0.25) is 4.79 Å². The third-order valence-electron chi connectivity index (χ3n) is 2.32. The van der Waals surface area contributed by atoms with Gasteiger partial charge < -0.3 is 5.32 Å². The van der Waals surface area contributed by atoms with E-state index in [0.29, 0.717) is 16.3 Å². The summed E-state index contributed by atoms with van der Waals surface area (Å²) < 4.78 is 0.662. The van der Waals surface area contributed by atoms with Crippen molar-refractivity contribution in [3.63, 3.8) is 0 Å². The Kier molecular flexibility index (Phi) is 2.50. The molecule has 0 saturated heterocycles. The third kappa shape index (κ3) is 2.09. The maximum Gasteiger partial charge on any atom is 0.228 e. The van der Waals surface area contributed by atoms with Crippen LogP contribution in [-0.2, 0) is 4.79 Å². The van der Waals surface area contributed by atoms with Crippen molar-refractivity contribution in [3.05, 3.63) is 17.0 Å². The van der Waals surface area contributed by atoms with E-state index >= 15 is 0 Å². The first-order chi connectivity index (χ1) is 6.66. The molecule has 74 valence electrons. The minimum absolute atomic E-state index is 0.0501. The Hall–Kier alpha value is -0.970. The van der Waals surface area contributed by atoms with Crippen LogP contribution in [0.3, 0.4) is 0 Å². The highest BCUT2D eigenvalue weighted by molar-refractivity contribution is 9.10. The quantitative estimate of drug-likeness (QED) is 0.878. The molecule has 1 saturated carbocycles. The number of aromatic nitrogens is 2. The van der Waals surface area contributed by atoms with Crippen molar-refractivity contribution in [2.75, 3.05) is 5.32 Å². The lowest BCUT2D eigenvalue weighted by molar-refractivity contribution is -0.117. The van der Waals surface area contributed by atoms with Crippen LogP contribution < -0.4 is 5.32 Å². The Bertz CT molecular complexity index is 352. The zero-order valence-corrected chi connectivity index (χ0v) is 9.28. The number of carbonyl (C=O) groups excluding carboxylic acids is 1. The SMILES string of the molecule is C[C@H]1C[C@H]1C(=O)Nc1cnc(Br)cn1. The lowest BCUT2D eigenvalue weighted by Gasteiger charge is -2.01. The molecule has 5 heteroatoms. The molecule has 1 fully saturated rings. The van der Waals surface area contributed by atoms with Gasteiger partial charge in [0.15, 0.2) is 5.82 Å². The highest BCUT2D eigenvalue weighted by Crippen LogP contribution is 2.38. The number of anilines is 1. The highest BCUT2D eigenvalue weighted by atomic mass is 79.9. The minimum atomic E-state index is 0.0501. The number of nitrogens with one attached hydrogen (secondary N) is 1. The van der Waals surface area contributed by atoms with Crippen LogP contribution in [0.1, 0.15) is 13.3 Å². The summed E-state index contributed by atoms with van der Waals surface area (Å²) in [5, 5.41) is 2.73. The molecule has 4 nitrogen and oxygen atoms in total. The number of carbonyl (C=O) groups is 1. The van der Waals surface area contributed by atoms with Gasteiger partial charge in [0.05, 0.1) is 12.4 Å². The molecule has 2 atom stereocenters. The Balaban J connectivity index is 1.97. The zero-order chi connectivity index (χ0) is 10.1. The fourth-order valence-electron chi connectivity index (χ4n) is 1.28. The predicted molar refractivity (Wildman–Crippen MR) is 55.6 cm³/mol. The second-order valence-electron chi connectivity index (χ2n) is 3.53. The average molecular weight is 256 g/mol. The van der Waals surface area contributed by atoms with E-state index in [1.807, 2.05) is 0 Å².